The molecule has 1 saturated heterocycles. The number of ether oxygens (including phenoxy) is 3. The molecule has 1 aliphatic rings. The Hall–Kier alpha value is -1.77. The number of unbranched alkanes of at least 4 members (excludes halogenated alkanes) is 21. The van der Waals surface area contributed by atoms with Crippen molar-refractivity contribution in [3.63, 3.8) is 0 Å². The monoisotopic (exact) mass is 825 g/mol. The smallest absolute Gasteiger partial charge is 0.462 e. The van der Waals surface area contributed by atoms with Gasteiger partial charge < -0.3 is 24.0 Å². The first-order chi connectivity index (χ1) is 27.6. The summed E-state index contributed by atoms with van der Waals surface area (Å²) in [5.74, 6) is -0.102. The van der Waals surface area contributed by atoms with E-state index in [2.05, 4.69) is 55.7 Å². The lowest BCUT2D eigenvalue weighted by atomic mass is 10.0. The molecule has 1 fully saturated rings. The number of epoxide rings is 1. The van der Waals surface area contributed by atoms with Crippen LogP contribution in [0.3, 0.4) is 0 Å². The SMILES string of the molecule is CCCCC/C=C\CC1OC1C/C=C\C/C=C\CCCC(=O)O[C@H](COC(=O)CCCCCCCCCCCCCCCCCCCCC(C)C)COP(=O)(O)O. The van der Waals surface area contributed by atoms with Crippen LogP contribution >= 0.6 is 7.82 Å². The Morgan fingerprint density at radius 3 is 1.61 bits per heavy atom. The molecule has 0 bridgehead atoms. The normalized spacial score (nSPS) is 16.4. The van der Waals surface area contributed by atoms with Crippen molar-refractivity contribution in [3.8, 4) is 0 Å². The Morgan fingerprint density at radius 2 is 1.07 bits per heavy atom. The molecule has 1 rings (SSSR count). The van der Waals surface area contributed by atoms with Gasteiger partial charge >= 0.3 is 19.8 Å². The highest BCUT2D eigenvalue weighted by atomic mass is 31.2. The van der Waals surface area contributed by atoms with Crippen LogP contribution in [0.4, 0.5) is 0 Å². The van der Waals surface area contributed by atoms with E-state index in [1.165, 1.54) is 122 Å². The molecule has 0 amide bonds. The first-order valence-corrected chi connectivity index (χ1v) is 24.8. The molecule has 10 heteroatoms. The van der Waals surface area contributed by atoms with Gasteiger partial charge in [-0.25, -0.2) is 4.57 Å². The molecule has 0 saturated carbocycles. The van der Waals surface area contributed by atoms with E-state index in [0.29, 0.717) is 25.0 Å². The lowest BCUT2D eigenvalue weighted by Crippen LogP contribution is -2.29. The van der Waals surface area contributed by atoms with Gasteiger partial charge in [0.1, 0.15) is 6.61 Å². The van der Waals surface area contributed by atoms with Crippen molar-refractivity contribution in [3.05, 3.63) is 36.5 Å². The van der Waals surface area contributed by atoms with Crippen LogP contribution in [-0.2, 0) is 32.9 Å². The molecule has 332 valence electrons. The fraction of sp³-hybridized carbons (Fsp3) is 0.830. The van der Waals surface area contributed by atoms with Crippen molar-refractivity contribution in [2.24, 2.45) is 5.92 Å². The molecule has 1 aliphatic heterocycles. The van der Waals surface area contributed by atoms with E-state index in [1.807, 2.05) is 6.08 Å². The molecule has 0 aromatic heterocycles. The summed E-state index contributed by atoms with van der Waals surface area (Å²) in [6, 6.07) is 0. The van der Waals surface area contributed by atoms with E-state index in [0.717, 1.165) is 50.9 Å². The molecule has 1 heterocycles. The molecule has 0 spiro atoms. The minimum atomic E-state index is -4.78. The average molecular weight is 825 g/mol. The molecule has 2 unspecified atom stereocenters. The van der Waals surface area contributed by atoms with Crippen LogP contribution in [0.25, 0.3) is 0 Å². The van der Waals surface area contributed by atoms with Crippen molar-refractivity contribution >= 4 is 19.8 Å². The fourth-order valence-electron chi connectivity index (χ4n) is 6.89. The number of phosphoric acid groups is 1. The van der Waals surface area contributed by atoms with Gasteiger partial charge in [0, 0.05) is 12.8 Å². The summed E-state index contributed by atoms with van der Waals surface area (Å²) in [7, 11) is -4.78. The van der Waals surface area contributed by atoms with Crippen LogP contribution in [0, 0.1) is 5.92 Å². The van der Waals surface area contributed by atoms with Crippen molar-refractivity contribution in [2.75, 3.05) is 13.2 Å². The van der Waals surface area contributed by atoms with Crippen LogP contribution in [0.2, 0.25) is 0 Å². The fourth-order valence-corrected chi connectivity index (χ4v) is 7.25. The van der Waals surface area contributed by atoms with E-state index >= 15 is 0 Å². The van der Waals surface area contributed by atoms with E-state index in [9.17, 15) is 14.2 Å². The summed E-state index contributed by atoms with van der Waals surface area (Å²) in [5.41, 5.74) is 0. The zero-order valence-corrected chi connectivity index (χ0v) is 37.5. The Labute approximate surface area is 348 Å². The summed E-state index contributed by atoms with van der Waals surface area (Å²) >= 11 is 0. The van der Waals surface area contributed by atoms with Gasteiger partial charge in [0.15, 0.2) is 6.10 Å². The lowest BCUT2D eigenvalue weighted by molar-refractivity contribution is -0.161. The molecule has 0 radical (unpaired) electrons. The van der Waals surface area contributed by atoms with E-state index in [1.54, 1.807) is 0 Å². The number of carbonyl (C=O) groups is 2. The van der Waals surface area contributed by atoms with Crippen LogP contribution in [-0.4, -0.2) is 53.3 Å². The Morgan fingerprint density at radius 1 is 0.596 bits per heavy atom. The number of hydrogen-bond donors (Lipinski definition) is 2. The Balaban J connectivity index is 2.04. The zero-order valence-electron chi connectivity index (χ0n) is 36.6. The minimum Gasteiger partial charge on any atom is -0.462 e. The number of hydrogen-bond acceptors (Lipinski definition) is 7. The largest absolute Gasteiger partial charge is 0.469 e. The third-order valence-electron chi connectivity index (χ3n) is 10.5. The topological polar surface area (TPSA) is 132 Å². The predicted octanol–water partition coefficient (Wildman–Crippen LogP) is 13.4. The van der Waals surface area contributed by atoms with Crippen molar-refractivity contribution in [1.82, 2.24) is 0 Å². The highest BCUT2D eigenvalue weighted by molar-refractivity contribution is 7.46. The lowest BCUT2D eigenvalue weighted by Gasteiger charge is -2.18. The second-order valence-electron chi connectivity index (χ2n) is 16.6. The van der Waals surface area contributed by atoms with E-state index in [4.69, 9.17) is 24.0 Å². The van der Waals surface area contributed by atoms with Gasteiger partial charge in [-0.05, 0) is 57.3 Å². The van der Waals surface area contributed by atoms with Gasteiger partial charge in [0.2, 0.25) is 0 Å². The molecule has 57 heavy (non-hydrogen) atoms. The maximum absolute atomic E-state index is 12.4. The molecule has 0 aromatic carbocycles. The second-order valence-corrected chi connectivity index (χ2v) is 17.8. The van der Waals surface area contributed by atoms with E-state index in [-0.39, 0.29) is 19.4 Å². The molecule has 0 aromatic rings. The highest BCUT2D eigenvalue weighted by Crippen LogP contribution is 2.36. The maximum Gasteiger partial charge on any atom is 0.469 e. The minimum absolute atomic E-state index is 0.132. The summed E-state index contributed by atoms with van der Waals surface area (Å²) in [4.78, 5) is 43.0. The van der Waals surface area contributed by atoms with Gasteiger partial charge in [-0.15, -0.1) is 0 Å². The Bertz CT molecular complexity index is 1100. The first kappa shape index (κ1) is 53.2. The quantitative estimate of drug-likeness (QED) is 0.0203. The first-order valence-electron chi connectivity index (χ1n) is 23.3. The van der Waals surface area contributed by atoms with Gasteiger partial charge in [-0.1, -0.05) is 186 Å². The average Bonchev–Trinajstić information content (AvgIpc) is 3.93. The van der Waals surface area contributed by atoms with Gasteiger partial charge in [-0.2, -0.15) is 0 Å². The number of allylic oxidation sites excluding steroid dienone is 4. The van der Waals surface area contributed by atoms with Crippen molar-refractivity contribution in [2.45, 2.75) is 232 Å². The van der Waals surface area contributed by atoms with E-state index < -0.39 is 32.5 Å². The Kier molecular flexibility index (Phi) is 34.8. The third-order valence-corrected chi connectivity index (χ3v) is 11.0. The number of phosphoric ester groups is 1. The second kappa shape index (κ2) is 37.2. The molecular formula is C47H85O9P. The van der Waals surface area contributed by atoms with Gasteiger partial charge in [-0.3, -0.25) is 14.1 Å². The molecule has 3 atom stereocenters. The summed E-state index contributed by atoms with van der Waals surface area (Å²) in [6.07, 6.45) is 46.2. The molecule has 2 N–H and O–H groups in total. The summed E-state index contributed by atoms with van der Waals surface area (Å²) in [6.45, 7) is 5.98. The maximum atomic E-state index is 12.4. The predicted molar refractivity (Wildman–Crippen MR) is 234 cm³/mol. The van der Waals surface area contributed by atoms with Crippen LogP contribution in [0.15, 0.2) is 36.5 Å². The van der Waals surface area contributed by atoms with Crippen LogP contribution in [0.1, 0.15) is 213 Å². The summed E-state index contributed by atoms with van der Waals surface area (Å²) in [5, 5.41) is 0. The molecular weight excluding hydrogens is 739 g/mol. The van der Waals surface area contributed by atoms with Crippen LogP contribution in [0.5, 0.6) is 0 Å². The number of esters is 2. The van der Waals surface area contributed by atoms with Crippen molar-refractivity contribution < 1.29 is 42.7 Å². The number of rotatable bonds is 41. The molecule has 9 nitrogen and oxygen atoms in total. The third kappa shape index (κ3) is 38.2. The van der Waals surface area contributed by atoms with Crippen molar-refractivity contribution in [1.29, 1.82) is 0 Å². The highest BCUT2D eigenvalue weighted by Gasteiger charge is 2.36. The van der Waals surface area contributed by atoms with Gasteiger partial charge in [0.05, 0.1) is 18.8 Å². The van der Waals surface area contributed by atoms with Gasteiger partial charge in [0.25, 0.3) is 0 Å². The zero-order chi connectivity index (χ0) is 41.7. The number of carbonyl (C=O) groups excluding carboxylic acids is 2. The standard InChI is InChI=1S/C47H85O9P/c1-4-5-6-7-26-31-36-44-45(56-44)37-32-27-22-20-24-29-34-39-47(49)55-43(41-54-57(50,51)52)40-53-46(48)38-33-28-23-19-17-15-13-11-9-8-10-12-14-16-18-21-25-30-35-42(2)3/h20,24,26-27,31-32,42-45H,4-19,21-23,25,28-30,33-41H2,1-3H3,(H2,50,51,52)/b24-20-,31-26-,32-27-/t43-,44?,45?/m1/s1. The molecule has 0 aliphatic carbocycles. The summed E-state index contributed by atoms with van der Waals surface area (Å²) < 4.78 is 32.2. The van der Waals surface area contributed by atoms with Crippen LogP contribution < -0.4 is 0 Å².